The normalized spacial score (nSPS) is 14.6. The summed E-state index contributed by atoms with van der Waals surface area (Å²) < 4.78 is 88.8. The number of benzene rings is 2. The third-order valence-electron chi connectivity index (χ3n) is 6.70. The number of carbonyl (C=O) groups excluding carboxylic acids is 1. The number of halogens is 6. The minimum absolute atomic E-state index is 0.0625. The summed E-state index contributed by atoms with van der Waals surface area (Å²) in [6.07, 6.45) is -4.48. The van der Waals surface area contributed by atoms with Gasteiger partial charge in [-0.15, -0.1) is 0 Å². The van der Waals surface area contributed by atoms with Crippen molar-refractivity contribution in [2.45, 2.75) is 56.0 Å². The molecule has 0 unspecified atom stereocenters. The molecule has 1 aliphatic carbocycles. The predicted octanol–water partition coefficient (Wildman–Crippen LogP) is 5.43. The molecular weight excluding hydrogens is 556 g/mol. The Morgan fingerprint density at radius 3 is 1.93 bits per heavy atom. The zero-order valence-corrected chi connectivity index (χ0v) is 22.1. The maximum absolute atomic E-state index is 13.4. The van der Waals surface area contributed by atoms with Gasteiger partial charge >= 0.3 is 18.4 Å². The molecule has 0 radical (unpaired) electrons. The second-order valence-corrected chi connectivity index (χ2v) is 9.83. The molecule has 2 amide bonds. The van der Waals surface area contributed by atoms with E-state index in [-0.39, 0.29) is 24.0 Å². The van der Waals surface area contributed by atoms with Crippen LogP contribution in [0.4, 0.5) is 31.1 Å². The van der Waals surface area contributed by atoms with Gasteiger partial charge in [-0.25, -0.2) is 9.78 Å². The molecule has 14 heteroatoms. The molecule has 2 N–H and O–H groups in total. The summed E-state index contributed by atoms with van der Waals surface area (Å²) in [5.74, 6) is 0.142. The molecule has 41 heavy (non-hydrogen) atoms. The smallest absolute Gasteiger partial charge is 0.422 e. The summed E-state index contributed by atoms with van der Waals surface area (Å²) in [6, 6.07) is 10.8. The summed E-state index contributed by atoms with van der Waals surface area (Å²) in [4.78, 5) is 17.7. The monoisotopic (exact) mass is 585 g/mol. The Balaban J connectivity index is 1.82. The second-order valence-electron chi connectivity index (χ2n) is 9.83. The van der Waals surface area contributed by atoms with Gasteiger partial charge in [0.05, 0.1) is 5.54 Å². The van der Waals surface area contributed by atoms with Crippen molar-refractivity contribution in [1.29, 1.82) is 0 Å². The number of amides is 2. The van der Waals surface area contributed by atoms with E-state index in [0.29, 0.717) is 17.0 Å². The fraction of sp³-hybridized carbons (Fsp3) is 0.444. The molecule has 2 aromatic carbocycles. The van der Waals surface area contributed by atoms with Crippen LogP contribution in [-0.4, -0.2) is 52.4 Å². The van der Waals surface area contributed by atoms with Crippen molar-refractivity contribution in [1.82, 2.24) is 25.4 Å². The minimum Gasteiger partial charge on any atom is -0.484 e. The van der Waals surface area contributed by atoms with E-state index in [4.69, 9.17) is 9.47 Å². The lowest BCUT2D eigenvalue weighted by atomic mass is 9.79. The van der Waals surface area contributed by atoms with Crippen molar-refractivity contribution in [2.24, 2.45) is 7.05 Å². The van der Waals surface area contributed by atoms with E-state index in [2.05, 4.69) is 20.7 Å². The Morgan fingerprint density at radius 2 is 1.46 bits per heavy atom. The molecule has 0 spiro atoms. The van der Waals surface area contributed by atoms with Crippen LogP contribution < -0.4 is 20.1 Å². The van der Waals surface area contributed by atoms with E-state index in [1.807, 2.05) is 0 Å². The molecule has 0 bridgehead atoms. The summed E-state index contributed by atoms with van der Waals surface area (Å²) in [5.41, 5.74) is -0.942. The number of nitrogens with zero attached hydrogens (tertiary/aromatic N) is 3. The largest absolute Gasteiger partial charge is 0.484 e. The van der Waals surface area contributed by atoms with Gasteiger partial charge in [-0.05, 0) is 48.2 Å². The van der Waals surface area contributed by atoms with Gasteiger partial charge in [0.1, 0.15) is 23.7 Å². The van der Waals surface area contributed by atoms with Gasteiger partial charge in [0, 0.05) is 19.5 Å². The van der Waals surface area contributed by atoms with Crippen LogP contribution in [0.3, 0.4) is 0 Å². The van der Waals surface area contributed by atoms with Crippen molar-refractivity contribution in [3.63, 3.8) is 0 Å². The van der Waals surface area contributed by atoms with Crippen LogP contribution in [0, 0.1) is 0 Å². The number of carbonyl (C=O) groups is 1. The molecular formula is C27H29F6N5O3. The maximum Gasteiger partial charge on any atom is 0.422 e. The summed E-state index contributed by atoms with van der Waals surface area (Å²) >= 11 is 0. The maximum atomic E-state index is 13.4. The first-order valence-corrected chi connectivity index (χ1v) is 12.8. The molecule has 0 saturated heterocycles. The van der Waals surface area contributed by atoms with E-state index < -0.39 is 37.1 Å². The molecule has 1 aromatic heterocycles. The minimum atomic E-state index is -4.59. The van der Waals surface area contributed by atoms with Gasteiger partial charge in [0.2, 0.25) is 0 Å². The van der Waals surface area contributed by atoms with Crippen molar-refractivity contribution < 1.29 is 40.6 Å². The Hall–Kier alpha value is -3.97. The van der Waals surface area contributed by atoms with Gasteiger partial charge in [-0.2, -0.15) is 31.4 Å². The first kappa shape index (κ1) is 30.0. The predicted molar refractivity (Wildman–Crippen MR) is 135 cm³/mol. The zero-order chi connectivity index (χ0) is 29.7. The molecule has 0 aliphatic heterocycles. The lowest BCUT2D eigenvalue weighted by molar-refractivity contribution is -0.154. The highest BCUT2D eigenvalue weighted by atomic mass is 19.4. The lowest BCUT2D eigenvalue weighted by Gasteiger charge is -2.36. The van der Waals surface area contributed by atoms with Gasteiger partial charge in [-0.3, -0.25) is 4.68 Å². The Kier molecular flexibility index (Phi) is 8.98. The summed E-state index contributed by atoms with van der Waals surface area (Å²) in [7, 11) is 1.62. The van der Waals surface area contributed by atoms with Crippen molar-refractivity contribution in [3.8, 4) is 11.5 Å². The van der Waals surface area contributed by atoms with E-state index in [1.54, 1.807) is 19.2 Å². The van der Waals surface area contributed by atoms with Crippen molar-refractivity contribution in [2.75, 3.05) is 13.2 Å². The number of alkyl halides is 6. The van der Waals surface area contributed by atoms with Crippen LogP contribution in [0.2, 0.25) is 0 Å². The quantitative estimate of drug-likeness (QED) is 0.310. The highest BCUT2D eigenvalue weighted by molar-refractivity contribution is 5.76. The van der Waals surface area contributed by atoms with Gasteiger partial charge in [-0.1, -0.05) is 37.1 Å². The molecule has 0 atom stereocenters. The van der Waals surface area contributed by atoms with Gasteiger partial charge in [0.25, 0.3) is 0 Å². The number of nitrogens with one attached hydrogen (secondary N) is 2. The van der Waals surface area contributed by atoms with Crippen LogP contribution >= 0.6 is 0 Å². The fourth-order valence-electron chi connectivity index (χ4n) is 4.80. The zero-order valence-electron chi connectivity index (χ0n) is 22.1. The van der Waals surface area contributed by atoms with Crippen LogP contribution in [0.15, 0.2) is 54.9 Å². The van der Waals surface area contributed by atoms with Crippen LogP contribution in [0.5, 0.6) is 11.5 Å². The van der Waals surface area contributed by atoms with Crippen LogP contribution in [0.1, 0.15) is 42.6 Å². The van der Waals surface area contributed by atoms with Crippen molar-refractivity contribution in [3.05, 3.63) is 71.8 Å². The average molecular weight is 586 g/mol. The molecule has 1 saturated carbocycles. The number of aromatic nitrogens is 3. The lowest BCUT2D eigenvalue weighted by Crippen LogP contribution is -2.54. The van der Waals surface area contributed by atoms with E-state index in [0.717, 1.165) is 25.7 Å². The van der Waals surface area contributed by atoms with Crippen molar-refractivity contribution >= 4 is 6.03 Å². The fourth-order valence-corrected chi connectivity index (χ4v) is 4.80. The number of urea groups is 1. The van der Waals surface area contributed by atoms with Crippen LogP contribution in [-0.2, 0) is 19.0 Å². The topological polar surface area (TPSA) is 90.3 Å². The standard InChI is InChI=1S/C27H29F6N5O3/c1-38-23(34-17-35-38)14-25(37-24(39)36-20-8-2-3-9-20,18-6-4-10-21(12-18)40-15-26(28,29)30)19-7-5-11-22(13-19)41-16-27(31,32)33/h4-7,10-13,17,20H,2-3,8-9,14-16H2,1H3,(H2,36,37,39). The molecule has 1 fully saturated rings. The molecule has 1 aliphatic rings. The summed E-state index contributed by atoms with van der Waals surface area (Å²) in [6.45, 7) is -3.08. The third-order valence-corrected chi connectivity index (χ3v) is 6.70. The molecule has 8 nitrogen and oxygen atoms in total. The molecule has 4 rings (SSSR count). The highest BCUT2D eigenvalue weighted by Gasteiger charge is 2.39. The second kappa shape index (κ2) is 12.3. The van der Waals surface area contributed by atoms with E-state index >= 15 is 0 Å². The number of rotatable bonds is 10. The highest BCUT2D eigenvalue weighted by Crippen LogP contribution is 2.37. The molecule has 1 heterocycles. The Labute approximate surface area is 232 Å². The molecule has 222 valence electrons. The van der Waals surface area contributed by atoms with Gasteiger partial charge in [0.15, 0.2) is 13.2 Å². The van der Waals surface area contributed by atoms with E-state index in [9.17, 15) is 31.1 Å². The first-order valence-electron chi connectivity index (χ1n) is 12.8. The van der Waals surface area contributed by atoms with Gasteiger partial charge < -0.3 is 20.1 Å². The number of ether oxygens (including phenoxy) is 2. The van der Waals surface area contributed by atoms with Crippen LogP contribution in [0.25, 0.3) is 0 Å². The number of aryl methyl sites for hydroxylation is 1. The van der Waals surface area contributed by atoms with E-state index in [1.165, 1.54) is 47.4 Å². The third kappa shape index (κ3) is 8.27. The summed E-state index contributed by atoms with van der Waals surface area (Å²) in [5, 5.41) is 9.98. The number of hydrogen-bond donors (Lipinski definition) is 2. The SMILES string of the molecule is Cn1ncnc1CC(NC(=O)NC1CCCC1)(c1cccc(OCC(F)(F)F)c1)c1cccc(OCC(F)(F)F)c1. The Bertz CT molecular complexity index is 1260. The average Bonchev–Trinajstić information content (AvgIpc) is 3.57. The first-order chi connectivity index (χ1) is 19.3. The molecule has 3 aromatic rings. The Morgan fingerprint density at radius 1 is 0.927 bits per heavy atom. The number of hydrogen-bond acceptors (Lipinski definition) is 5.